The summed E-state index contributed by atoms with van der Waals surface area (Å²) in [5, 5.41) is 4.05. The van der Waals surface area contributed by atoms with E-state index >= 15 is 0 Å². The van der Waals surface area contributed by atoms with Crippen LogP contribution in [0.4, 0.5) is 0 Å². The Hall–Kier alpha value is -2.62. The fourth-order valence-electron chi connectivity index (χ4n) is 2.26. The first-order valence-corrected chi connectivity index (χ1v) is 9.59. The zero-order valence-electron chi connectivity index (χ0n) is 14.5. The van der Waals surface area contributed by atoms with Crippen LogP contribution in [0.15, 0.2) is 51.9 Å². The molecule has 0 fully saturated rings. The lowest BCUT2D eigenvalue weighted by molar-refractivity contribution is 0.376. The van der Waals surface area contributed by atoms with Crippen molar-refractivity contribution < 1.29 is 22.4 Å². The van der Waals surface area contributed by atoms with Crippen LogP contribution in [0.3, 0.4) is 0 Å². The van der Waals surface area contributed by atoms with E-state index in [4.69, 9.17) is 25.6 Å². The van der Waals surface area contributed by atoms with Crippen LogP contribution in [0.2, 0.25) is 5.02 Å². The van der Waals surface area contributed by atoms with E-state index in [1.165, 1.54) is 25.3 Å². The third-order valence-corrected chi connectivity index (χ3v) is 5.34. The van der Waals surface area contributed by atoms with Crippen LogP contribution in [-0.4, -0.2) is 32.8 Å². The largest absolute Gasteiger partial charge is 0.497 e. The number of hydrogen-bond donors (Lipinski definition) is 1. The predicted molar refractivity (Wildman–Crippen MR) is 98.3 cm³/mol. The molecule has 0 atom stereocenters. The quantitative estimate of drug-likeness (QED) is 0.639. The second kappa shape index (κ2) is 7.95. The standard InChI is InChI=1S/C17H16ClN3O5S/c1-24-12-5-3-4-11(8-12)17-20-16(26-21-17)10-19-27(22,23)13-6-7-15(25-2)14(18)9-13/h3-9,19H,10H2,1-2H3. The minimum absolute atomic E-state index is 0.000773. The van der Waals surface area contributed by atoms with Gasteiger partial charge in [-0.25, -0.2) is 13.1 Å². The van der Waals surface area contributed by atoms with Crippen molar-refractivity contribution in [1.29, 1.82) is 0 Å². The van der Waals surface area contributed by atoms with Crippen molar-refractivity contribution in [2.75, 3.05) is 14.2 Å². The van der Waals surface area contributed by atoms with Gasteiger partial charge in [0.15, 0.2) is 0 Å². The summed E-state index contributed by atoms with van der Waals surface area (Å²) in [6.07, 6.45) is 0. The molecule has 1 N–H and O–H groups in total. The van der Waals surface area contributed by atoms with Gasteiger partial charge in [-0.15, -0.1) is 0 Å². The van der Waals surface area contributed by atoms with Crippen LogP contribution in [0.1, 0.15) is 5.89 Å². The molecule has 0 aliphatic rings. The van der Waals surface area contributed by atoms with Crippen molar-refractivity contribution in [3.05, 3.63) is 53.4 Å². The normalized spacial score (nSPS) is 11.4. The average molecular weight is 410 g/mol. The highest BCUT2D eigenvalue weighted by Crippen LogP contribution is 2.27. The molecule has 10 heteroatoms. The molecule has 3 aromatic rings. The van der Waals surface area contributed by atoms with Crippen LogP contribution in [-0.2, 0) is 16.6 Å². The fraction of sp³-hybridized carbons (Fsp3) is 0.176. The number of nitrogens with one attached hydrogen (secondary N) is 1. The maximum atomic E-state index is 12.4. The first kappa shape index (κ1) is 19.2. The number of nitrogens with zero attached hydrogens (tertiary/aromatic N) is 2. The van der Waals surface area contributed by atoms with E-state index in [-0.39, 0.29) is 22.4 Å². The summed E-state index contributed by atoms with van der Waals surface area (Å²) in [6, 6.07) is 11.3. The molecule has 8 nitrogen and oxygen atoms in total. The molecule has 1 heterocycles. The van der Waals surface area contributed by atoms with E-state index < -0.39 is 10.0 Å². The summed E-state index contributed by atoms with van der Waals surface area (Å²) in [5.41, 5.74) is 0.689. The Labute approximate surface area is 161 Å². The summed E-state index contributed by atoms with van der Waals surface area (Å²) in [4.78, 5) is 4.19. The third kappa shape index (κ3) is 4.38. The number of sulfonamides is 1. The molecule has 3 rings (SSSR count). The minimum atomic E-state index is -3.81. The number of ether oxygens (including phenoxy) is 2. The summed E-state index contributed by atoms with van der Waals surface area (Å²) in [6.45, 7) is -0.164. The van der Waals surface area contributed by atoms with Crippen molar-refractivity contribution in [3.8, 4) is 22.9 Å². The van der Waals surface area contributed by atoms with Crippen molar-refractivity contribution in [2.45, 2.75) is 11.4 Å². The highest BCUT2D eigenvalue weighted by atomic mass is 35.5. The van der Waals surface area contributed by atoms with E-state index in [1.807, 2.05) is 0 Å². The zero-order chi connectivity index (χ0) is 19.4. The van der Waals surface area contributed by atoms with E-state index in [9.17, 15) is 8.42 Å². The van der Waals surface area contributed by atoms with E-state index in [0.29, 0.717) is 22.9 Å². The Morgan fingerprint density at radius 2 is 1.96 bits per heavy atom. The topological polar surface area (TPSA) is 104 Å². The van der Waals surface area contributed by atoms with Crippen LogP contribution >= 0.6 is 11.6 Å². The highest BCUT2D eigenvalue weighted by Gasteiger charge is 2.18. The molecule has 142 valence electrons. The molecule has 27 heavy (non-hydrogen) atoms. The van der Waals surface area contributed by atoms with Crippen LogP contribution < -0.4 is 14.2 Å². The third-order valence-electron chi connectivity index (χ3n) is 3.64. The van der Waals surface area contributed by atoms with Gasteiger partial charge >= 0.3 is 0 Å². The molecule has 0 aliphatic carbocycles. The predicted octanol–water partition coefficient (Wildman–Crippen LogP) is 2.89. The summed E-state index contributed by atoms with van der Waals surface area (Å²) in [5.74, 6) is 1.48. The van der Waals surface area contributed by atoms with Crippen LogP contribution in [0.5, 0.6) is 11.5 Å². The molecular weight excluding hydrogens is 394 g/mol. The van der Waals surface area contributed by atoms with Gasteiger partial charge in [-0.2, -0.15) is 4.98 Å². The van der Waals surface area contributed by atoms with Gasteiger partial charge in [0.25, 0.3) is 0 Å². The number of methoxy groups -OCH3 is 2. The molecule has 0 unspecified atom stereocenters. The Balaban J connectivity index is 1.73. The first-order chi connectivity index (χ1) is 12.9. The van der Waals surface area contributed by atoms with Crippen molar-refractivity contribution in [1.82, 2.24) is 14.9 Å². The summed E-state index contributed by atoms with van der Waals surface area (Å²) < 4.78 is 42.5. The molecule has 0 amide bonds. The van der Waals surface area contributed by atoms with E-state index in [1.54, 1.807) is 31.4 Å². The highest BCUT2D eigenvalue weighted by molar-refractivity contribution is 7.89. The fourth-order valence-corrected chi connectivity index (χ4v) is 3.58. The molecule has 0 bridgehead atoms. The van der Waals surface area contributed by atoms with Crippen LogP contribution in [0, 0.1) is 0 Å². The van der Waals surface area contributed by atoms with Crippen LogP contribution in [0.25, 0.3) is 11.4 Å². The maximum Gasteiger partial charge on any atom is 0.242 e. The lowest BCUT2D eigenvalue weighted by Gasteiger charge is -2.07. The number of halogens is 1. The van der Waals surface area contributed by atoms with E-state index in [2.05, 4.69) is 14.9 Å². The Morgan fingerprint density at radius 3 is 2.67 bits per heavy atom. The summed E-state index contributed by atoms with van der Waals surface area (Å²) >= 11 is 5.98. The van der Waals surface area contributed by atoms with Gasteiger partial charge in [-0.05, 0) is 30.3 Å². The average Bonchev–Trinajstić information content (AvgIpc) is 3.15. The lowest BCUT2D eigenvalue weighted by Crippen LogP contribution is -2.23. The molecule has 0 spiro atoms. The number of rotatable bonds is 7. The van der Waals surface area contributed by atoms with Gasteiger partial charge in [-0.1, -0.05) is 28.9 Å². The minimum Gasteiger partial charge on any atom is -0.497 e. The van der Waals surface area contributed by atoms with Gasteiger partial charge in [0, 0.05) is 5.56 Å². The number of benzene rings is 2. The number of aromatic nitrogens is 2. The molecule has 1 aromatic heterocycles. The van der Waals surface area contributed by atoms with Gasteiger partial charge in [0.1, 0.15) is 11.5 Å². The molecule has 0 saturated carbocycles. The van der Waals surface area contributed by atoms with Gasteiger partial charge in [-0.3, -0.25) is 0 Å². The molecule has 0 aliphatic heterocycles. The van der Waals surface area contributed by atoms with Gasteiger partial charge < -0.3 is 14.0 Å². The molecule has 2 aromatic carbocycles. The second-order valence-corrected chi connectivity index (χ2v) is 7.54. The van der Waals surface area contributed by atoms with Crippen molar-refractivity contribution >= 4 is 21.6 Å². The Kier molecular flexibility index (Phi) is 5.64. The van der Waals surface area contributed by atoms with E-state index in [0.717, 1.165) is 0 Å². The van der Waals surface area contributed by atoms with Gasteiger partial charge in [0.05, 0.1) is 30.7 Å². The SMILES string of the molecule is COc1cccc(-c2noc(CNS(=O)(=O)c3ccc(OC)c(Cl)c3)n2)c1. The molecule has 0 radical (unpaired) electrons. The van der Waals surface area contributed by atoms with Gasteiger partial charge in [0.2, 0.25) is 21.7 Å². The number of hydrogen-bond acceptors (Lipinski definition) is 7. The smallest absolute Gasteiger partial charge is 0.242 e. The summed E-state index contributed by atoms with van der Waals surface area (Å²) in [7, 11) is -0.806. The maximum absolute atomic E-state index is 12.4. The second-order valence-electron chi connectivity index (χ2n) is 5.36. The Morgan fingerprint density at radius 1 is 1.15 bits per heavy atom. The lowest BCUT2D eigenvalue weighted by atomic mass is 10.2. The molecular formula is C17H16ClN3O5S. The van der Waals surface area contributed by atoms with Crippen molar-refractivity contribution in [2.24, 2.45) is 0 Å². The Bertz CT molecular complexity index is 1050. The van der Waals surface area contributed by atoms with Crippen molar-refractivity contribution in [3.63, 3.8) is 0 Å². The monoisotopic (exact) mass is 409 g/mol. The first-order valence-electron chi connectivity index (χ1n) is 7.73. The molecule has 0 saturated heterocycles. The zero-order valence-corrected chi connectivity index (χ0v) is 16.0.